The third kappa shape index (κ3) is 17.8. The van der Waals surface area contributed by atoms with Gasteiger partial charge in [0.25, 0.3) is 0 Å². The van der Waals surface area contributed by atoms with E-state index in [1.54, 1.807) is 0 Å². The molecule has 0 rings (SSSR count). The molecule has 0 aromatic heterocycles. The van der Waals surface area contributed by atoms with Crippen LogP contribution < -0.4 is 0 Å². The molecule has 0 aliphatic rings. The second-order valence-electron chi connectivity index (χ2n) is 7.73. The van der Waals surface area contributed by atoms with Crippen molar-refractivity contribution in [1.29, 1.82) is 0 Å². The molecule has 0 saturated heterocycles. The summed E-state index contributed by atoms with van der Waals surface area (Å²) >= 11 is 4.54. The SMILES string of the molecule is CC(C)(S)CCCCCCCCCCC(=O)OC(C)(C)C. The Hall–Kier alpha value is -0.180. The van der Waals surface area contributed by atoms with Crippen LogP contribution in [0.25, 0.3) is 0 Å². The topological polar surface area (TPSA) is 26.3 Å². The van der Waals surface area contributed by atoms with Crippen LogP contribution >= 0.6 is 12.6 Å². The van der Waals surface area contributed by atoms with Gasteiger partial charge in [-0.3, -0.25) is 4.79 Å². The van der Waals surface area contributed by atoms with Gasteiger partial charge in [0.15, 0.2) is 0 Å². The maximum absolute atomic E-state index is 11.5. The zero-order chi connectivity index (χ0) is 16.4. The van der Waals surface area contributed by atoms with Crippen LogP contribution in [0, 0.1) is 0 Å². The minimum Gasteiger partial charge on any atom is -0.460 e. The van der Waals surface area contributed by atoms with Gasteiger partial charge in [0.05, 0.1) is 0 Å². The van der Waals surface area contributed by atoms with Crippen molar-refractivity contribution in [3.05, 3.63) is 0 Å². The summed E-state index contributed by atoms with van der Waals surface area (Å²) in [4.78, 5) is 11.5. The molecule has 2 nitrogen and oxygen atoms in total. The van der Waals surface area contributed by atoms with Gasteiger partial charge in [-0.1, -0.05) is 58.8 Å². The van der Waals surface area contributed by atoms with Crippen LogP contribution in [0.1, 0.15) is 98.8 Å². The summed E-state index contributed by atoms with van der Waals surface area (Å²) in [6, 6.07) is 0. The van der Waals surface area contributed by atoms with Crippen molar-refractivity contribution in [2.24, 2.45) is 0 Å². The molecular formula is C18H36O2S. The molecular weight excluding hydrogens is 280 g/mol. The van der Waals surface area contributed by atoms with Gasteiger partial charge in [0.1, 0.15) is 5.60 Å². The van der Waals surface area contributed by atoms with Crippen molar-refractivity contribution in [3.63, 3.8) is 0 Å². The number of thiol groups is 1. The summed E-state index contributed by atoms with van der Waals surface area (Å²) in [6.45, 7) is 10.1. The molecule has 0 atom stereocenters. The van der Waals surface area contributed by atoms with Crippen LogP contribution in [0.4, 0.5) is 0 Å². The standard InChI is InChI=1S/C18H36O2S/c1-17(2,3)20-16(19)14-12-10-8-6-7-9-11-13-15-18(4,5)21/h21H,6-15H2,1-5H3. The molecule has 0 unspecified atom stereocenters. The molecule has 0 aromatic rings. The first-order valence-electron chi connectivity index (χ1n) is 8.54. The summed E-state index contributed by atoms with van der Waals surface area (Å²) in [5.74, 6) is -0.0585. The van der Waals surface area contributed by atoms with Crippen molar-refractivity contribution in [2.75, 3.05) is 0 Å². The zero-order valence-corrected chi connectivity index (χ0v) is 15.7. The average Bonchev–Trinajstić information content (AvgIpc) is 2.27. The van der Waals surface area contributed by atoms with Gasteiger partial charge in [-0.2, -0.15) is 12.6 Å². The Kier molecular flexibility index (Phi) is 10.4. The molecule has 0 saturated carbocycles. The van der Waals surface area contributed by atoms with Crippen molar-refractivity contribution >= 4 is 18.6 Å². The Morgan fingerprint density at radius 3 is 1.67 bits per heavy atom. The van der Waals surface area contributed by atoms with Crippen molar-refractivity contribution in [2.45, 2.75) is 109 Å². The van der Waals surface area contributed by atoms with Gasteiger partial charge < -0.3 is 4.74 Å². The summed E-state index contributed by atoms with van der Waals surface area (Å²) in [5, 5.41) is 0. The fourth-order valence-corrected chi connectivity index (χ4v) is 2.44. The Morgan fingerprint density at radius 2 is 1.24 bits per heavy atom. The van der Waals surface area contributed by atoms with Crippen LogP contribution in [0.5, 0.6) is 0 Å². The molecule has 21 heavy (non-hydrogen) atoms. The minimum atomic E-state index is -0.349. The van der Waals surface area contributed by atoms with E-state index >= 15 is 0 Å². The summed E-state index contributed by atoms with van der Waals surface area (Å²) in [7, 11) is 0. The van der Waals surface area contributed by atoms with Gasteiger partial charge in [0.2, 0.25) is 0 Å². The van der Waals surface area contributed by atoms with Crippen LogP contribution in [-0.4, -0.2) is 16.3 Å². The first kappa shape index (κ1) is 20.8. The summed E-state index contributed by atoms with van der Waals surface area (Å²) in [5.41, 5.74) is -0.349. The first-order valence-corrected chi connectivity index (χ1v) is 8.99. The molecule has 0 aromatic carbocycles. The van der Waals surface area contributed by atoms with Crippen molar-refractivity contribution < 1.29 is 9.53 Å². The predicted octanol–water partition coefficient (Wildman–Crippen LogP) is 5.94. The quantitative estimate of drug-likeness (QED) is 0.290. The van der Waals surface area contributed by atoms with Gasteiger partial charge in [-0.25, -0.2) is 0 Å². The second-order valence-corrected chi connectivity index (χ2v) is 8.94. The van der Waals surface area contributed by atoms with Crippen molar-refractivity contribution in [1.82, 2.24) is 0 Å². The summed E-state index contributed by atoms with van der Waals surface area (Å²) < 4.78 is 5.47. The number of esters is 1. The lowest BCUT2D eigenvalue weighted by Crippen LogP contribution is -2.23. The lowest BCUT2D eigenvalue weighted by molar-refractivity contribution is -0.154. The number of carbonyl (C=O) groups excluding carboxylic acids is 1. The fourth-order valence-electron chi connectivity index (χ4n) is 2.28. The molecule has 0 N–H and O–H groups in total. The number of hydrogen-bond acceptors (Lipinski definition) is 3. The molecule has 0 amide bonds. The van der Waals surface area contributed by atoms with E-state index in [1.807, 2.05) is 20.8 Å². The monoisotopic (exact) mass is 316 g/mol. The maximum atomic E-state index is 11.5. The molecule has 0 spiro atoms. The normalized spacial score (nSPS) is 12.5. The highest BCUT2D eigenvalue weighted by atomic mass is 32.1. The molecule has 3 heteroatoms. The van der Waals surface area contributed by atoms with E-state index in [2.05, 4.69) is 26.5 Å². The van der Waals surface area contributed by atoms with E-state index in [0.717, 1.165) is 12.8 Å². The van der Waals surface area contributed by atoms with Crippen LogP contribution in [0.15, 0.2) is 0 Å². The molecule has 126 valence electrons. The number of ether oxygens (including phenoxy) is 1. The predicted molar refractivity (Wildman–Crippen MR) is 95.1 cm³/mol. The third-order valence-corrected chi connectivity index (χ3v) is 3.56. The molecule has 0 radical (unpaired) electrons. The number of unbranched alkanes of at least 4 members (excludes halogenated alkanes) is 7. The van der Waals surface area contributed by atoms with E-state index in [-0.39, 0.29) is 16.3 Å². The number of carbonyl (C=O) groups is 1. The average molecular weight is 317 g/mol. The maximum Gasteiger partial charge on any atom is 0.306 e. The lowest BCUT2D eigenvalue weighted by atomic mass is 10.0. The minimum absolute atomic E-state index is 0.0585. The van der Waals surface area contributed by atoms with Crippen LogP contribution in [0.3, 0.4) is 0 Å². The second kappa shape index (κ2) is 10.5. The molecule has 0 aliphatic heterocycles. The highest BCUT2D eigenvalue weighted by Crippen LogP contribution is 2.21. The molecule has 0 fully saturated rings. The Balaban J connectivity index is 3.28. The smallest absolute Gasteiger partial charge is 0.306 e. The van der Waals surface area contributed by atoms with Gasteiger partial charge in [0, 0.05) is 11.2 Å². The third-order valence-electron chi connectivity index (χ3n) is 3.34. The van der Waals surface area contributed by atoms with E-state index in [9.17, 15) is 4.79 Å². The zero-order valence-electron chi connectivity index (χ0n) is 14.8. The summed E-state index contributed by atoms with van der Waals surface area (Å²) in [6.07, 6.45) is 11.7. The van der Waals surface area contributed by atoms with Gasteiger partial charge in [-0.15, -0.1) is 0 Å². The molecule has 0 bridgehead atoms. The Bertz CT molecular complexity index is 274. The number of hydrogen-bond donors (Lipinski definition) is 1. The fraction of sp³-hybridized carbons (Fsp3) is 0.944. The van der Waals surface area contributed by atoms with E-state index in [4.69, 9.17) is 4.74 Å². The van der Waals surface area contributed by atoms with Crippen LogP contribution in [-0.2, 0) is 9.53 Å². The Labute approximate surface area is 137 Å². The van der Waals surface area contributed by atoms with Crippen molar-refractivity contribution in [3.8, 4) is 0 Å². The highest BCUT2D eigenvalue weighted by Gasteiger charge is 2.15. The van der Waals surface area contributed by atoms with Gasteiger partial charge in [-0.05, 0) is 33.6 Å². The molecule has 0 aliphatic carbocycles. The highest BCUT2D eigenvalue weighted by molar-refractivity contribution is 7.81. The van der Waals surface area contributed by atoms with E-state index in [1.165, 1.54) is 44.9 Å². The lowest BCUT2D eigenvalue weighted by Gasteiger charge is -2.19. The van der Waals surface area contributed by atoms with E-state index in [0.29, 0.717) is 6.42 Å². The van der Waals surface area contributed by atoms with Crippen LogP contribution in [0.2, 0.25) is 0 Å². The Morgan fingerprint density at radius 1 is 0.810 bits per heavy atom. The van der Waals surface area contributed by atoms with E-state index < -0.39 is 0 Å². The number of rotatable bonds is 11. The largest absolute Gasteiger partial charge is 0.460 e. The first-order chi connectivity index (χ1) is 9.60. The van der Waals surface area contributed by atoms with Gasteiger partial charge >= 0.3 is 5.97 Å². The molecule has 0 heterocycles.